The smallest absolute Gasteiger partial charge is 0.354 e. The number of hydrogen-bond acceptors (Lipinski definition) is 5. The number of nitrogens with zero attached hydrogens (tertiary/aromatic N) is 1. The number of esters is 1. The maximum atomic E-state index is 11.3. The third kappa shape index (κ3) is 3.00. The van der Waals surface area contributed by atoms with Gasteiger partial charge in [0.15, 0.2) is 5.69 Å². The fourth-order valence-corrected chi connectivity index (χ4v) is 1.72. The minimum absolute atomic E-state index is 0.0279. The van der Waals surface area contributed by atoms with Gasteiger partial charge in [0.1, 0.15) is 0 Å². The number of hydrogen-bond donors (Lipinski definition) is 2. The minimum Gasteiger partial charge on any atom is -0.478 e. The Labute approximate surface area is 114 Å². The molecule has 0 fully saturated rings. The predicted octanol–water partition coefficient (Wildman–Crippen LogP) is 1.28. The summed E-state index contributed by atoms with van der Waals surface area (Å²) < 4.78 is 4.42. The summed E-state index contributed by atoms with van der Waals surface area (Å²) in [6.45, 7) is 2.82. The summed E-state index contributed by atoms with van der Waals surface area (Å²) in [7, 11) is 1.19. The molecule has 1 aromatic rings. The average Bonchev–Trinajstić information content (AvgIpc) is 2.37. The van der Waals surface area contributed by atoms with Crippen molar-refractivity contribution in [3.8, 4) is 0 Å². The number of carboxylic acids is 2. The van der Waals surface area contributed by atoms with E-state index in [1.54, 1.807) is 0 Å². The number of pyridine rings is 1. The Morgan fingerprint density at radius 2 is 1.75 bits per heavy atom. The van der Waals surface area contributed by atoms with Gasteiger partial charge in [-0.15, -0.1) is 0 Å². The van der Waals surface area contributed by atoms with Crippen molar-refractivity contribution in [3.63, 3.8) is 0 Å². The number of carboxylic acid groups (broad SMARTS) is 2. The summed E-state index contributed by atoms with van der Waals surface area (Å²) in [5.41, 5.74) is -0.124. The minimum atomic E-state index is -1.31. The van der Waals surface area contributed by atoms with Gasteiger partial charge in [-0.1, -0.05) is 0 Å². The van der Waals surface area contributed by atoms with Crippen LogP contribution in [0.4, 0.5) is 0 Å². The Bertz CT molecular complexity index is 618. The molecule has 0 aliphatic heterocycles. The van der Waals surface area contributed by atoms with Crippen LogP contribution in [0, 0.1) is 13.8 Å². The van der Waals surface area contributed by atoms with E-state index in [4.69, 9.17) is 5.11 Å². The van der Waals surface area contributed by atoms with Crippen molar-refractivity contribution in [1.82, 2.24) is 4.98 Å². The first-order valence-corrected chi connectivity index (χ1v) is 5.53. The van der Waals surface area contributed by atoms with Crippen molar-refractivity contribution in [1.29, 1.82) is 0 Å². The second-order valence-electron chi connectivity index (χ2n) is 3.93. The van der Waals surface area contributed by atoms with Crippen LogP contribution in [0.25, 0.3) is 6.08 Å². The van der Waals surface area contributed by atoms with Gasteiger partial charge in [0, 0.05) is 17.3 Å². The summed E-state index contributed by atoms with van der Waals surface area (Å²) in [6, 6.07) is 0. The van der Waals surface area contributed by atoms with E-state index >= 15 is 0 Å². The Hall–Kier alpha value is -2.70. The lowest BCUT2D eigenvalue weighted by Crippen LogP contribution is -2.14. The van der Waals surface area contributed by atoms with Crippen LogP contribution in [0.15, 0.2) is 6.08 Å². The molecular weight excluding hydrogens is 266 g/mol. The molecule has 2 N–H and O–H groups in total. The summed E-state index contributed by atoms with van der Waals surface area (Å²) >= 11 is 0. The van der Waals surface area contributed by atoms with Crippen molar-refractivity contribution < 1.29 is 29.3 Å². The number of methoxy groups -OCH3 is 1. The molecule has 1 aromatic heterocycles. The molecule has 0 saturated carbocycles. The van der Waals surface area contributed by atoms with Gasteiger partial charge in [-0.2, -0.15) is 0 Å². The van der Waals surface area contributed by atoms with E-state index in [1.807, 2.05) is 0 Å². The van der Waals surface area contributed by atoms with E-state index in [0.29, 0.717) is 0 Å². The number of aromatic carboxylic acids is 2. The van der Waals surface area contributed by atoms with Gasteiger partial charge in [0.2, 0.25) is 0 Å². The van der Waals surface area contributed by atoms with Crippen LogP contribution >= 0.6 is 0 Å². The molecule has 106 valence electrons. The second-order valence-corrected chi connectivity index (χ2v) is 3.93. The third-order valence-corrected chi connectivity index (χ3v) is 2.67. The standard InChI is InChI=1S/C13H13NO6/c1-6-10(12(16)17)8(4-5-9(15)20-3)7(2)14-11(6)13(18)19/h4-5H,1-3H3,(H,16,17)(H,18,19). The van der Waals surface area contributed by atoms with Crippen LogP contribution in [0.2, 0.25) is 0 Å². The van der Waals surface area contributed by atoms with E-state index in [9.17, 15) is 19.5 Å². The van der Waals surface area contributed by atoms with E-state index in [0.717, 1.165) is 6.08 Å². The molecular formula is C13H13NO6. The highest BCUT2D eigenvalue weighted by atomic mass is 16.5. The molecule has 7 heteroatoms. The van der Waals surface area contributed by atoms with Gasteiger partial charge in [-0.3, -0.25) is 0 Å². The van der Waals surface area contributed by atoms with Gasteiger partial charge < -0.3 is 14.9 Å². The van der Waals surface area contributed by atoms with Crippen molar-refractivity contribution in [3.05, 3.63) is 34.2 Å². The van der Waals surface area contributed by atoms with Crippen LogP contribution in [-0.4, -0.2) is 40.2 Å². The SMILES string of the molecule is COC(=O)C=Cc1c(C)nc(C(=O)O)c(C)c1C(=O)O. The highest BCUT2D eigenvalue weighted by Crippen LogP contribution is 2.22. The zero-order chi connectivity index (χ0) is 15.4. The molecule has 0 radical (unpaired) electrons. The highest BCUT2D eigenvalue weighted by Gasteiger charge is 2.22. The molecule has 0 bridgehead atoms. The van der Waals surface area contributed by atoms with Gasteiger partial charge in [-0.25, -0.2) is 19.4 Å². The number of rotatable bonds is 4. The molecule has 0 spiro atoms. The Morgan fingerprint density at radius 3 is 2.20 bits per heavy atom. The zero-order valence-corrected chi connectivity index (χ0v) is 11.1. The third-order valence-electron chi connectivity index (χ3n) is 2.67. The fourth-order valence-electron chi connectivity index (χ4n) is 1.72. The van der Waals surface area contributed by atoms with Crippen LogP contribution < -0.4 is 0 Å². The molecule has 0 saturated heterocycles. The quantitative estimate of drug-likeness (QED) is 0.630. The Kier molecular flexibility index (Phi) is 4.58. The predicted molar refractivity (Wildman–Crippen MR) is 68.7 cm³/mol. The van der Waals surface area contributed by atoms with Gasteiger partial charge in [0.05, 0.1) is 12.7 Å². The molecule has 0 amide bonds. The highest BCUT2D eigenvalue weighted by molar-refractivity contribution is 5.99. The Balaban J connectivity index is 3.56. The lowest BCUT2D eigenvalue weighted by Gasteiger charge is -2.11. The molecule has 0 aliphatic rings. The maximum absolute atomic E-state index is 11.3. The normalized spacial score (nSPS) is 10.6. The molecule has 0 aliphatic carbocycles. The maximum Gasteiger partial charge on any atom is 0.354 e. The first kappa shape index (κ1) is 15.4. The lowest BCUT2D eigenvalue weighted by molar-refractivity contribution is -0.134. The number of aryl methyl sites for hydroxylation is 1. The molecule has 0 atom stereocenters. The summed E-state index contributed by atoms with van der Waals surface area (Å²) in [4.78, 5) is 37.3. The van der Waals surface area contributed by atoms with E-state index < -0.39 is 17.9 Å². The summed E-state index contributed by atoms with van der Waals surface area (Å²) in [6.07, 6.45) is 2.30. The van der Waals surface area contributed by atoms with Gasteiger partial charge >= 0.3 is 17.9 Å². The first-order valence-electron chi connectivity index (χ1n) is 5.53. The van der Waals surface area contributed by atoms with Crippen molar-refractivity contribution in [2.75, 3.05) is 7.11 Å². The van der Waals surface area contributed by atoms with Crippen molar-refractivity contribution in [2.24, 2.45) is 0 Å². The summed E-state index contributed by atoms with van der Waals surface area (Å²) in [5.74, 6) is -3.25. The second kappa shape index (κ2) is 5.96. The average molecular weight is 279 g/mol. The molecule has 1 rings (SSSR count). The molecule has 20 heavy (non-hydrogen) atoms. The number of carbonyl (C=O) groups excluding carboxylic acids is 1. The lowest BCUT2D eigenvalue weighted by atomic mass is 9.99. The van der Waals surface area contributed by atoms with Crippen LogP contribution in [0.3, 0.4) is 0 Å². The van der Waals surface area contributed by atoms with Crippen LogP contribution in [0.5, 0.6) is 0 Å². The van der Waals surface area contributed by atoms with Crippen molar-refractivity contribution in [2.45, 2.75) is 13.8 Å². The topological polar surface area (TPSA) is 114 Å². The number of ether oxygens (including phenoxy) is 1. The Morgan fingerprint density at radius 1 is 1.15 bits per heavy atom. The van der Waals surface area contributed by atoms with Crippen LogP contribution in [-0.2, 0) is 9.53 Å². The van der Waals surface area contributed by atoms with Gasteiger partial charge in [-0.05, 0) is 25.5 Å². The van der Waals surface area contributed by atoms with E-state index in [-0.39, 0.29) is 28.1 Å². The number of carbonyl (C=O) groups is 3. The van der Waals surface area contributed by atoms with E-state index in [2.05, 4.69) is 9.72 Å². The number of aromatic nitrogens is 1. The monoisotopic (exact) mass is 279 g/mol. The zero-order valence-electron chi connectivity index (χ0n) is 11.1. The van der Waals surface area contributed by atoms with Gasteiger partial charge in [0.25, 0.3) is 0 Å². The van der Waals surface area contributed by atoms with E-state index in [1.165, 1.54) is 27.0 Å². The summed E-state index contributed by atoms with van der Waals surface area (Å²) in [5, 5.41) is 18.2. The molecule has 0 aromatic carbocycles. The first-order chi connectivity index (χ1) is 9.29. The molecule has 0 unspecified atom stereocenters. The van der Waals surface area contributed by atoms with Crippen LogP contribution in [0.1, 0.15) is 37.7 Å². The fraction of sp³-hybridized carbons (Fsp3) is 0.231. The molecule has 7 nitrogen and oxygen atoms in total. The molecule has 1 heterocycles. The van der Waals surface area contributed by atoms with Crippen molar-refractivity contribution >= 4 is 24.0 Å². The largest absolute Gasteiger partial charge is 0.478 e.